The molecule has 1 aromatic rings. The topological polar surface area (TPSA) is 46.5 Å². The van der Waals surface area contributed by atoms with E-state index in [4.69, 9.17) is 9.84 Å². The average Bonchev–Trinajstić information content (AvgIpc) is 2.80. The van der Waals surface area contributed by atoms with Crippen molar-refractivity contribution in [2.24, 2.45) is 11.3 Å². The summed E-state index contributed by atoms with van der Waals surface area (Å²) in [6.45, 7) is 3.67. The summed E-state index contributed by atoms with van der Waals surface area (Å²) in [7, 11) is 1.46. The van der Waals surface area contributed by atoms with Crippen molar-refractivity contribution in [2.45, 2.75) is 19.8 Å². The fourth-order valence-corrected chi connectivity index (χ4v) is 2.63. The Bertz CT molecular complexity index is 468. The van der Waals surface area contributed by atoms with Gasteiger partial charge in [-0.25, -0.2) is 4.39 Å². The van der Waals surface area contributed by atoms with E-state index in [1.165, 1.54) is 13.2 Å². The molecule has 1 aromatic carbocycles. The quantitative estimate of drug-likeness (QED) is 0.880. The van der Waals surface area contributed by atoms with Gasteiger partial charge >= 0.3 is 5.97 Å². The van der Waals surface area contributed by atoms with Gasteiger partial charge in [0.25, 0.3) is 0 Å². The number of carbonyl (C=O) groups is 1. The molecule has 0 radical (unpaired) electrons. The molecular weight excluding hydrogens is 223 g/mol. The number of rotatable bonds is 3. The molecule has 0 heterocycles. The van der Waals surface area contributed by atoms with Crippen LogP contribution >= 0.6 is 0 Å². The minimum Gasteiger partial charge on any atom is -0.496 e. The molecule has 1 aliphatic carbocycles. The van der Waals surface area contributed by atoms with Gasteiger partial charge in [0, 0.05) is 11.5 Å². The highest BCUT2D eigenvalue weighted by molar-refractivity contribution is 5.78. The second-order valence-electron chi connectivity index (χ2n) is 4.97. The van der Waals surface area contributed by atoms with Crippen LogP contribution in [-0.4, -0.2) is 18.2 Å². The number of methoxy groups -OCH3 is 1. The molecule has 0 bridgehead atoms. The number of aliphatic carboxylic acids is 1. The van der Waals surface area contributed by atoms with Crippen LogP contribution < -0.4 is 4.74 Å². The number of carboxylic acid groups (broad SMARTS) is 1. The van der Waals surface area contributed by atoms with Gasteiger partial charge in [-0.1, -0.05) is 19.9 Å². The number of ether oxygens (including phenoxy) is 1. The lowest BCUT2D eigenvalue weighted by Crippen LogP contribution is -2.03. The van der Waals surface area contributed by atoms with E-state index in [0.29, 0.717) is 11.3 Å². The first-order valence-electron chi connectivity index (χ1n) is 5.46. The second kappa shape index (κ2) is 3.72. The molecule has 1 saturated carbocycles. The number of benzene rings is 1. The van der Waals surface area contributed by atoms with Gasteiger partial charge in [-0.3, -0.25) is 4.79 Å². The Morgan fingerprint density at radius 2 is 2.12 bits per heavy atom. The molecule has 0 amide bonds. The molecule has 0 spiro atoms. The maximum atomic E-state index is 13.8. The lowest BCUT2D eigenvalue weighted by atomic mass is 10.0. The first kappa shape index (κ1) is 11.9. The monoisotopic (exact) mass is 238 g/mol. The predicted octanol–water partition coefficient (Wildman–Crippen LogP) is 2.66. The maximum absolute atomic E-state index is 13.8. The maximum Gasteiger partial charge on any atom is 0.307 e. The zero-order valence-corrected chi connectivity index (χ0v) is 10.0. The summed E-state index contributed by atoms with van der Waals surface area (Å²) in [5.41, 5.74) is -0.0474. The van der Waals surface area contributed by atoms with Crippen molar-refractivity contribution in [2.75, 3.05) is 7.11 Å². The lowest BCUT2D eigenvalue weighted by molar-refractivity contribution is -0.139. The molecule has 1 fully saturated rings. The highest BCUT2D eigenvalue weighted by atomic mass is 19.1. The van der Waals surface area contributed by atoms with E-state index in [9.17, 15) is 9.18 Å². The molecule has 1 N–H and O–H groups in total. The molecular formula is C13H15FO3. The molecule has 0 aromatic heterocycles. The lowest BCUT2D eigenvalue weighted by Gasteiger charge is -2.10. The third-order valence-corrected chi connectivity index (χ3v) is 3.64. The Morgan fingerprint density at radius 3 is 2.59 bits per heavy atom. The molecule has 1 aliphatic rings. The summed E-state index contributed by atoms with van der Waals surface area (Å²) < 4.78 is 19.0. The Kier molecular flexibility index (Phi) is 2.60. The molecule has 3 nitrogen and oxygen atoms in total. The SMILES string of the molecule is COc1cccc(F)c1C1C(C(=O)O)C1(C)C. The Labute approximate surface area is 99.2 Å². The zero-order valence-electron chi connectivity index (χ0n) is 10.0. The molecule has 17 heavy (non-hydrogen) atoms. The molecule has 0 aliphatic heterocycles. The standard InChI is InChI=1S/C13H15FO3/c1-13(2)10(11(13)12(15)16)9-7(14)5-4-6-8(9)17-3/h4-6,10-11H,1-3H3,(H,15,16). The molecule has 92 valence electrons. The van der Waals surface area contributed by atoms with Crippen LogP contribution in [0.25, 0.3) is 0 Å². The Hall–Kier alpha value is -1.58. The summed E-state index contributed by atoms with van der Waals surface area (Å²) in [6.07, 6.45) is 0. The van der Waals surface area contributed by atoms with Gasteiger partial charge < -0.3 is 9.84 Å². The molecule has 0 saturated heterocycles. The van der Waals surface area contributed by atoms with Gasteiger partial charge in [-0.05, 0) is 17.5 Å². The summed E-state index contributed by atoms with van der Waals surface area (Å²) >= 11 is 0. The average molecular weight is 238 g/mol. The second-order valence-corrected chi connectivity index (χ2v) is 4.97. The van der Waals surface area contributed by atoms with Gasteiger partial charge in [0.1, 0.15) is 11.6 Å². The summed E-state index contributed by atoms with van der Waals surface area (Å²) in [6, 6.07) is 4.56. The largest absolute Gasteiger partial charge is 0.496 e. The van der Waals surface area contributed by atoms with E-state index >= 15 is 0 Å². The third kappa shape index (κ3) is 1.68. The van der Waals surface area contributed by atoms with Crippen LogP contribution in [-0.2, 0) is 4.79 Å². The van der Waals surface area contributed by atoms with E-state index in [-0.39, 0.29) is 5.92 Å². The van der Waals surface area contributed by atoms with Crippen molar-refractivity contribution in [3.8, 4) is 5.75 Å². The first-order chi connectivity index (χ1) is 7.91. The van der Waals surface area contributed by atoms with Crippen LogP contribution in [0.2, 0.25) is 0 Å². The van der Waals surface area contributed by atoms with Crippen molar-refractivity contribution in [1.29, 1.82) is 0 Å². The fraction of sp³-hybridized carbons (Fsp3) is 0.462. The van der Waals surface area contributed by atoms with E-state index in [0.717, 1.165) is 0 Å². The molecule has 4 heteroatoms. The molecule has 2 unspecified atom stereocenters. The van der Waals surface area contributed by atoms with Crippen molar-refractivity contribution in [1.82, 2.24) is 0 Å². The summed E-state index contributed by atoms with van der Waals surface area (Å²) in [5, 5.41) is 9.11. The fourth-order valence-electron chi connectivity index (χ4n) is 2.63. The number of carboxylic acids is 1. The first-order valence-corrected chi connectivity index (χ1v) is 5.46. The van der Waals surface area contributed by atoms with E-state index < -0.39 is 23.1 Å². The van der Waals surface area contributed by atoms with Crippen LogP contribution in [0, 0.1) is 17.2 Å². The van der Waals surface area contributed by atoms with E-state index in [2.05, 4.69) is 0 Å². The van der Waals surface area contributed by atoms with Gasteiger partial charge in [-0.2, -0.15) is 0 Å². The van der Waals surface area contributed by atoms with Crippen molar-refractivity contribution in [3.63, 3.8) is 0 Å². The normalized spacial score (nSPS) is 25.4. The molecule has 2 rings (SSSR count). The van der Waals surface area contributed by atoms with Crippen LogP contribution in [0.5, 0.6) is 5.75 Å². The number of hydrogen-bond donors (Lipinski definition) is 1. The van der Waals surface area contributed by atoms with Gasteiger partial charge in [-0.15, -0.1) is 0 Å². The van der Waals surface area contributed by atoms with E-state index in [1.54, 1.807) is 12.1 Å². The summed E-state index contributed by atoms with van der Waals surface area (Å²) in [4.78, 5) is 11.1. The number of halogens is 1. The van der Waals surface area contributed by atoms with Gasteiger partial charge in [0.2, 0.25) is 0 Å². The van der Waals surface area contributed by atoms with Crippen LogP contribution in [0.15, 0.2) is 18.2 Å². The number of hydrogen-bond acceptors (Lipinski definition) is 2. The minimum atomic E-state index is -0.884. The zero-order chi connectivity index (χ0) is 12.8. The van der Waals surface area contributed by atoms with Crippen LogP contribution in [0.4, 0.5) is 4.39 Å². The smallest absolute Gasteiger partial charge is 0.307 e. The predicted molar refractivity (Wildman–Crippen MR) is 60.6 cm³/mol. The van der Waals surface area contributed by atoms with Crippen LogP contribution in [0.1, 0.15) is 25.3 Å². The van der Waals surface area contributed by atoms with E-state index in [1.807, 2.05) is 13.8 Å². The highest BCUT2D eigenvalue weighted by Gasteiger charge is 2.64. The van der Waals surface area contributed by atoms with Crippen molar-refractivity contribution >= 4 is 5.97 Å². The Balaban J connectivity index is 2.46. The highest BCUT2D eigenvalue weighted by Crippen LogP contribution is 2.66. The molecule has 2 atom stereocenters. The van der Waals surface area contributed by atoms with Gasteiger partial charge in [0.05, 0.1) is 13.0 Å². The van der Waals surface area contributed by atoms with Crippen molar-refractivity contribution in [3.05, 3.63) is 29.6 Å². The third-order valence-electron chi connectivity index (χ3n) is 3.64. The summed E-state index contributed by atoms with van der Waals surface area (Å²) in [5.74, 6) is -1.73. The van der Waals surface area contributed by atoms with Gasteiger partial charge in [0.15, 0.2) is 0 Å². The van der Waals surface area contributed by atoms with Crippen LogP contribution in [0.3, 0.4) is 0 Å². The minimum absolute atomic E-state index is 0.323. The van der Waals surface area contributed by atoms with Crippen molar-refractivity contribution < 1.29 is 19.0 Å². The Morgan fingerprint density at radius 1 is 1.47 bits per heavy atom.